The van der Waals surface area contributed by atoms with E-state index in [1.165, 1.54) is 11.1 Å². The molecule has 0 heterocycles. The summed E-state index contributed by atoms with van der Waals surface area (Å²) in [4.78, 5) is 11.9. The normalized spacial score (nSPS) is 22.8. The smallest absolute Gasteiger partial charge is 0.242 e. The van der Waals surface area contributed by atoms with Crippen molar-refractivity contribution in [1.29, 1.82) is 0 Å². The lowest BCUT2D eigenvalue weighted by molar-refractivity contribution is -0.125. The molecule has 17 heavy (non-hydrogen) atoms. The van der Waals surface area contributed by atoms with Gasteiger partial charge < -0.3 is 5.73 Å². The molecule has 1 aliphatic rings. The van der Waals surface area contributed by atoms with Gasteiger partial charge in [-0.25, -0.2) is 0 Å². The minimum absolute atomic E-state index is 0.231. The highest BCUT2D eigenvalue weighted by atomic mass is 16.1. The molecule has 0 bridgehead atoms. The molecule has 0 aromatic heterocycles. The van der Waals surface area contributed by atoms with E-state index < -0.39 is 5.54 Å². The van der Waals surface area contributed by atoms with Gasteiger partial charge in [-0.2, -0.15) is 0 Å². The molecule has 1 atom stereocenters. The molecule has 1 aromatic rings. The number of rotatable bonds is 3. The van der Waals surface area contributed by atoms with Crippen molar-refractivity contribution in [3.8, 4) is 0 Å². The van der Waals surface area contributed by atoms with E-state index >= 15 is 0 Å². The van der Waals surface area contributed by atoms with Gasteiger partial charge in [-0.1, -0.05) is 23.8 Å². The third-order valence-corrected chi connectivity index (χ3v) is 3.45. The maximum absolute atomic E-state index is 11.9. The van der Waals surface area contributed by atoms with E-state index in [1.807, 2.05) is 20.8 Å². The third kappa shape index (κ3) is 1.95. The molecule has 1 amide bonds. The summed E-state index contributed by atoms with van der Waals surface area (Å²) < 4.78 is 0. The summed E-state index contributed by atoms with van der Waals surface area (Å²) in [5.41, 5.74) is 8.45. The van der Waals surface area contributed by atoms with Crippen molar-refractivity contribution in [3.63, 3.8) is 0 Å². The zero-order valence-corrected chi connectivity index (χ0v) is 10.7. The minimum atomic E-state index is -0.671. The number of nitrogens with one attached hydrogen (secondary N) is 1. The van der Waals surface area contributed by atoms with Gasteiger partial charge in [0.2, 0.25) is 5.91 Å². The van der Waals surface area contributed by atoms with Crippen LogP contribution < -0.4 is 11.1 Å². The largest absolute Gasteiger partial charge is 0.368 e. The molecule has 2 rings (SSSR count). The molecule has 3 nitrogen and oxygen atoms in total. The van der Waals surface area contributed by atoms with Gasteiger partial charge >= 0.3 is 0 Å². The molecular weight excluding hydrogens is 212 g/mol. The van der Waals surface area contributed by atoms with E-state index in [2.05, 4.69) is 23.5 Å². The van der Waals surface area contributed by atoms with Crippen molar-refractivity contribution in [1.82, 2.24) is 5.32 Å². The van der Waals surface area contributed by atoms with Crippen LogP contribution in [0.15, 0.2) is 18.2 Å². The van der Waals surface area contributed by atoms with E-state index in [0.717, 1.165) is 18.4 Å². The number of carbonyl (C=O) groups excluding carboxylic acids is 1. The number of nitrogens with two attached hydrogens (primary N) is 1. The van der Waals surface area contributed by atoms with Gasteiger partial charge in [0, 0.05) is 6.04 Å². The molecule has 3 N–H and O–H groups in total. The van der Waals surface area contributed by atoms with Crippen molar-refractivity contribution in [2.24, 2.45) is 5.73 Å². The maximum Gasteiger partial charge on any atom is 0.242 e. The molecule has 0 fully saturated rings. The highest BCUT2D eigenvalue weighted by molar-refractivity contribution is 5.87. The Bertz CT molecular complexity index is 454. The van der Waals surface area contributed by atoms with Crippen molar-refractivity contribution >= 4 is 5.91 Å². The molecule has 0 radical (unpaired) electrons. The number of aryl methyl sites for hydroxylation is 2. The van der Waals surface area contributed by atoms with E-state index in [0.29, 0.717) is 0 Å². The molecule has 92 valence electrons. The first kappa shape index (κ1) is 12.1. The van der Waals surface area contributed by atoms with Crippen LogP contribution in [0.25, 0.3) is 0 Å². The van der Waals surface area contributed by atoms with Gasteiger partial charge in [0.05, 0.1) is 0 Å². The monoisotopic (exact) mass is 232 g/mol. The zero-order valence-electron chi connectivity index (χ0n) is 10.7. The lowest BCUT2D eigenvalue weighted by Gasteiger charge is -2.30. The topological polar surface area (TPSA) is 55.1 Å². The number of benzene rings is 1. The molecular formula is C14H20N2O. The van der Waals surface area contributed by atoms with Crippen LogP contribution in [-0.2, 0) is 16.8 Å². The fourth-order valence-electron chi connectivity index (χ4n) is 2.73. The molecule has 3 heteroatoms. The van der Waals surface area contributed by atoms with E-state index in [-0.39, 0.29) is 11.9 Å². The number of fused-ring (bicyclic) bond motifs is 1. The Balaban J connectivity index is 2.52. The Morgan fingerprint density at radius 1 is 1.47 bits per heavy atom. The van der Waals surface area contributed by atoms with Crippen LogP contribution in [0.4, 0.5) is 0 Å². The zero-order chi connectivity index (χ0) is 12.6. The molecule has 1 aromatic carbocycles. The van der Waals surface area contributed by atoms with Crippen molar-refractivity contribution in [2.45, 2.75) is 45.2 Å². The van der Waals surface area contributed by atoms with Crippen molar-refractivity contribution in [2.75, 3.05) is 0 Å². The first-order valence-electron chi connectivity index (χ1n) is 6.13. The summed E-state index contributed by atoms with van der Waals surface area (Å²) in [6.07, 6.45) is 1.68. The summed E-state index contributed by atoms with van der Waals surface area (Å²) in [5, 5.41) is 3.36. The first-order chi connectivity index (χ1) is 7.95. The van der Waals surface area contributed by atoms with E-state index in [4.69, 9.17) is 5.73 Å². The van der Waals surface area contributed by atoms with E-state index in [1.54, 1.807) is 0 Å². The Morgan fingerprint density at radius 2 is 2.18 bits per heavy atom. The second-order valence-electron chi connectivity index (χ2n) is 5.23. The van der Waals surface area contributed by atoms with E-state index in [9.17, 15) is 4.79 Å². The summed E-state index contributed by atoms with van der Waals surface area (Å²) in [6, 6.07) is 6.51. The van der Waals surface area contributed by atoms with Crippen molar-refractivity contribution < 1.29 is 4.79 Å². The number of amides is 1. The first-order valence-corrected chi connectivity index (χ1v) is 6.13. The van der Waals surface area contributed by atoms with Crippen LogP contribution in [0.1, 0.15) is 37.0 Å². The summed E-state index contributed by atoms with van der Waals surface area (Å²) in [5.74, 6) is -0.268. The van der Waals surface area contributed by atoms with Crippen LogP contribution in [0, 0.1) is 6.92 Å². The molecule has 0 saturated heterocycles. The highest BCUT2D eigenvalue weighted by Crippen LogP contribution is 2.37. The number of hydrogen-bond donors (Lipinski definition) is 2. The maximum atomic E-state index is 11.9. The third-order valence-electron chi connectivity index (χ3n) is 3.45. The Hall–Kier alpha value is -1.35. The van der Waals surface area contributed by atoms with Gasteiger partial charge in [-0.15, -0.1) is 0 Å². The molecule has 0 aliphatic heterocycles. The number of carbonyl (C=O) groups is 1. The predicted molar refractivity (Wildman–Crippen MR) is 68.6 cm³/mol. The van der Waals surface area contributed by atoms with Crippen LogP contribution in [0.3, 0.4) is 0 Å². The average molecular weight is 232 g/mol. The highest BCUT2D eigenvalue weighted by Gasteiger charge is 2.44. The van der Waals surface area contributed by atoms with Gasteiger partial charge in [0.15, 0.2) is 0 Å². The average Bonchev–Trinajstić information content (AvgIpc) is 2.57. The fourth-order valence-corrected chi connectivity index (χ4v) is 2.73. The lowest BCUT2D eigenvalue weighted by atomic mass is 9.89. The van der Waals surface area contributed by atoms with Crippen LogP contribution >= 0.6 is 0 Å². The Kier molecular flexibility index (Phi) is 2.96. The van der Waals surface area contributed by atoms with Gasteiger partial charge in [-0.05, 0) is 44.7 Å². The second-order valence-corrected chi connectivity index (χ2v) is 5.23. The number of primary amides is 1. The molecule has 1 unspecified atom stereocenters. The molecule has 1 aliphatic carbocycles. The van der Waals surface area contributed by atoms with Gasteiger partial charge in [-0.3, -0.25) is 10.1 Å². The van der Waals surface area contributed by atoms with Crippen LogP contribution in [-0.4, -0.2) is 11.9 Å². The Labute approximate surface area is 102 Å². The number of hydrogen-bond acceptors (Lipinski definition) is 2. The summed E-state index contributed by atoms with van der Waals surface area (Å²) in [7, 11) is 0. The van der Waals surface area contributed by atoms with Crippen LogP contribution in [0.2, 0.25) is 0 Å². The summed E-state index contributed by atoms with van der Waals surface area (Å²) in [6.45, 7) is 6.12. The standard InChI is InChI=1S/C14H20N2O/c1-9(2)16-14(13(15)17)7-6-11-5-4-10(3)8-12(11)14/h4-5,8-9,16H,6-7H2,1-3H3,(H2,15,17). The predicted octanol–water partition coefficient (Wildman–Crippen LogP) is 1.62. The minimum Gasteiger partial charge on any atom is -0.368 e. The Morgan fingerprint density at radius 3 is 2.76 bits per heavy atom. The molecule has 0 spiro atoms. The van der Waals surface area contributed by atoms with Gasteiger partial charge in [0.1, 0.15) is 5.54 Å². The quantitative estimate of drug-likeness (QED) is 0.832. The van der Waals surface area contributed by atoms with Crippen molar-refractivity contribution in [3.05, 3.63) is 34.9 Å². The fraction of sp³-hybridized carbons (Fsp3) is 0.500. The SMILES string of the molecule is Cc1ccc2c(c1)C(NC(C)C)(C(N)=O)CC2. The van der Waals surface area contributed by atoms with Crippen LogP contribution in [0.5, 0.6) is 0 Å². The lowest BCUT2D eigenvalue weighted by Crippen LogP contribution is -2.53. The molecule has 0 saturated carbocycles. The second kappa shape index (κ2) is 4.15. The van der Waals surface area contributed by atoms with Gasteiger partial charge in [0.25, 0.3) is 0 Å². The summed E-state index contributed by atoms with van der Waals surface area (Å²) >= 11 is 0.